The zero-order valence-corrected chi connectivity index (χ0v) is 8.39. The SMILES string of the molecule is CN(CCCCCCS)C(=O)O. The van der Waals surface area contributed by atoms with Crippen LogP contribution in [0.2, 0.25) is 0 Å². The van der Waals surface area contributed by atoms with Crippen LogP contribution >= 0.6 is 12.6 Å². The van der Waals surface area contributed by atoms with E-state index in [0.717, 1.165) is 31.4 Å². The van der Waals surface area contributed by atoms with Crippen molar-refractivity contribution in [2.75, 3.05) is 19.3 Å². The van der Waals surface area contributed by atoms with Crippen LogP contribution in [0.3, 0.4) is 0 Å². The average molecular weight is 191 g/mol. The van der Waals surface area contributed by atoms with Gasteiger partial charge >= 0.3 is 6.09 Å². The highest BCUT2D eigenvalue weighted by Crippen LogP contribution is 2.01. The van der Waals surface area contributed by atoms with Crippen molar-refractivity contribution in [2.45, 2.75) is 25.7 Å². The largest absolute Gasteiger partial charge is 0.465 e. The van der Waals surface area contributed by atoms with Gasteiger partial charge in [-0.05, 0) is 18.6 Å². The first-order valence-corrected chi connectivity index (χ1v) is 4.86. The number of unbranched alkanes of at least 4 members (excludes halogenated alkanes) is 3. The Labute approximate surface area is 79.2 Å². The minimum Gasteiger partial charge on any atom is -0.465 e. The predicted molar refractivity (Wildman–Crippen MR) is 53.0 cm³/mol. The molecule has 0 aliphatic rings. The zero-order chi connectivity index (χ0) is 9.40. The maximum Gasteiger partial charge on any atom is 0.407 e. The van der Waals surface area contributed by atoms with Gasteiger partial charge in [0.25, 0.3) is 0 Å². The molecule has 0 radical (unpaired) electrons. The second-order valence-electron chi connectivity index (χ2n) is 2.84. The molecule has 0 aromatic heterocycles. The van der Waals surface area contributed by atoms with Gasteiger partial charge in [0.1, 0.15) is 0 Å². The van der Waals surface area contributed by atoms with Gasteiger partial charge in [-0.25, -0.2) is 4.79 Å². The summed E-state index contributed by atoms with van der Waals surface area (Å²) in [4.78, 5) is 11.7. The van der Waals surface area contributed by atoms with E-state index in [1.165, 1.54) is 4.90 Å². The third-order valence-electron chi connectivity index (χ3n) is 1.73. The summed E-state index contributed by atoms with van der Waals surface area (Å²) in [6.07, 6.45) is 3.48. The fourth-order valence-electron chi connectivity index (χ4n) is 0.910. The Hall–Kier alpha value is -0.380. The molecule has 0 aliphatic heterocycles. The lowest BCUT2D eigenvalue weighted by Gasteiger charge is -2.11. The van der Waals surface area contributed by atoms with Crippen molar-refractivity contribution in [1.29, 1.82) is 0 Å². The molecule has 0 spiro atoms. The number of hydrogen-bond donors (Lipinski definition) is 2. The molecular formula is C8H17NO2S. The monoisotopic (exact) mass is 191 g/mol. The Morgan fingerprint density at radius 2 is 1.92 bits per heavy atom. The molecule has 0 rings (SSSR count). The second-order valence-corrected chi connectivity index (χ2v) is 3.29. The lowest BCUT2D eigenvalue weighted by molar-refractivity contribution is 0.155. The molecule has 1 amide bonds. The molecule has 1 N–H and O–H groups in total. The first-order valence-electron chi connectivity index (χ1n) is 4.23. The van der Waals surface area contributed by atoms with Crippen LogP contribution in [-0.2, 0) is 0 Å². The van der Waals surface area contributed by atoms with Gasteiger partial charge in [-0.15, -0.1) is 0 Å². The fraction of sp³-hybridized carbons (Fsp3) is 0.875. The van der Waals surface area contributed by atoms with E-state index in [2.05, 4.69) is 12.6 Å². The van der Waals surface area contributed by atoms with Crippen LogP contribution in [0, 0.1) is 0 Å². The number of thiol groups is 1. The Balaban J connectivity index is 3.14. The maximum atomic E-state index is 10.3. The molecular weight excluding hydrogens is 174 g/mol. The number of nitrogens with zero attached hydrogens (tertiary/aromatic N) is 1. The van der Waals surface area contributed by atoms with E-state index in [-0.39, 0.29) is 0 Å². The van der Waals surface area contributed by atoms with E-state index in [0.29, 0.717) is 6.54 Å². The number of amides is 1. The molecule has 0 saturated heterocycles. The first kappa shape index (κ1) is 11.6. The normalized spacial score (nSPS) is 9.83. The molecule has 3 nitrogen and oxygen atoms in total. The summed E-state index contributed by atoms with van der Waals surface area (Å²) in [5, 5.41) is 8.50. The first-order chi connectivity index (χ1) is 5.68. The zero-order valence-electron chi connectivity index (χ0n) is 7.49. The fourth-order valence-corrected chi connectivity index (χ4v) is 1.13. The van der Waals surface area contributed by atoms with Crippen LogP contribution in [0.4, 0.5) is 4.79 Å². The average Bonchev–Trinajstić information content (AvgIpc) is 2.03. The van der Waals surface area contributed by atoms with Gasteiger partial charge in [0.15, 0.2) is 0 Å². The predicted octanol–water partition coefficient (Wildman–Crippen LogP) is 2.09. The standard InChI is InChI=1S/C8H17NO2S/c1-9(8(10)11)6-4-2-3-5-7-12/h12H,2-7H2,1H3,(H,10,11). The summed E-state index contributed by atoms with van der Waals surface area (Å²) in [7, 11) is 1.60. The van der Waals surface area contributed by atoms with E-state index in [1.807, 2.05) is 0 Å². The van der Waals surface area contributed by atoms with Crippen LogP contribution in [0.15, 0.2) is 0 Å². The van der Waals surface area contributed by atoms with E-state index in [4.69, 9.17) is 5.11 Å². The van der Waals surface area contributed by atoms with Gasteiger partial charge in [-0.1, -0.05) is 12.8 Å². The smallest absolute Gasteiger partial charge is 0.407 e. The van der Waals surface area contributed by atoms with Crippen molar-refractivity contribution in [3.05, 3.63) is 0 Å². The Morgan fingerprint density at radius 3 is 2.42 bits per heavy atom. The highest BCUT2D eigenvalue weighted by molar-refractivity contribution is 7.80. The molecule has 0 aliphatic carbocycles. The number of carbonyl (C=O) groups is 1. The van der Waals surface area contributed by atoms with Crippen molar-refractivity contribution in [3.63, 3.8) is 0 Å². The maximum absolute atomic E-state index is 10.3. The van der Waals surface area contributed by atoms with Gasteiger partial charge < -0.3 is 10.0 Å². The molecule has 0 atom stereocenters. The van der Waals surface area contributed by atoms with Crippen molar-refractivity contribution >= 4 is 18.7 Å². The summed E-state index contributed by atoms with van der Waals surface area (Å²) in [6.45, 7) is 0.641. The Kier molecular flexibility index (Phi) is 7.05. The summed E-state index contributed by atoms with van der Waals surface area (Å²) in [6, 6.07) is 0. The summed E-state index contributed by atoms with van der Waals surface area (Å²) < 4.78 is 0. The number of carboxylic acid groups (broad SMARTS) is 1. The molecule has 0 unspecified atom stereocenters. The second kappa shape index (κ2) is 7.28. The Bertz CT molecular complexity index is 130. The molecule has 0 saturated carbocycles. The van der Waals surface area contributed by atoms with Gasteiger partial charge in [0.2, 0.25) is 0 Å². The van der Waals surface area contributed by atoms with Crippen molar-refractivity contribution in [1.82, 2.24) is 4.90 Å². The van der Waals surface area contributed by atoms with E-state index in [9.17, 15) is 4.79 Å². The van der Waals surface area contributed by atoms with Gasteiger partial charge in [0.05, 0.1) is 0 Å². The molecule has 0 fully saturated rings. The molecule has 0 aromatic carbocycles. The highest BCUT2D eigenvalue weighted by Gasteiger charge is 2.02. The van der Waals surface area contributed by atoms with E-state index in [1.54, 1.807) is 7.05 Å². The summed E-state index contributed by atoms with van der Waals surface area (Å²) >= 11 is 4.09. The number of hydrogen-bond acceptors (Lipinski definition) is 2. The van der Waals surface area contributed by atoms with E-state index >= 15 is 0 Å². The lowest BCUT2D eigenvalue weighted by atomic mass is 10.2. The third-order valence-corrected chi connectivity index (χ3v) is 2.04. The molecule has 72 valence electrons. The minimum atomic E-state index is -0.843. The Morgan fingerprint density at radius 1 is 1.33 bits per heavy atom. The molecule has 0 bridgehead atoms. The van der Waals surface area contributed by atoms with Crippen molar-refractivity contribution < 1.29 is 9.90 Å². The molecule has 0 aromatic rings. The van der Waals surface area contributed by atoms with E-state index < -0.39 is 6.09 Å². The van der Waals surface area contributed by atoms with Crippen LogP contribution < -0.4 is 0 Å². The third kappa shape index (κ3) is 6.34. The quantitative estimate of drug-likeness (QED) is 0.498. The number of rotatable bonds is 6. The minimum absolute atomic E-state index is 0.641. The van der Waals surface area contributed by atoms with Gasteiger partial charge in [-0.3, -0.25) is 0 Å². The highest BCUT2D eigenvalue weighted by atomic mass is 32.1. The summed E-state index contributed by atoms with van der Waals surface area (Å²) in [5.74, 6) is 0.925. The van der Waals surface area contributed by atoms with Crippen LogP contribution in [-0.4, -0.2) is 35.4 Å². The molecule has 4 heteroatoms. The summed E-state index contributed by atoms with van der Waals surface area (Å²) in [5.41, 5.74) is 0. The van der Waals surface area contributed by atoms with Gasteiger partial charge in [-0.2, -0.15) is 12.6 Å². The van der Waals surface area contributed by atoms with Crippen LogP contribution in [0.5, 0.6) is 0 Å². The van der Waals surface area contributed by atoms with Crippen molar-refractivity contribution in [3.8, 4) is 0 Å². The van der Waals surface area contributed by atoms with Crippen LogP contribution in [0.1, 0.15) is 25.7 Å². The van der Waals surface area contributed by atoms with Crippen LogP contribution in [0.25, 0.3) is 0 Å². The van der Waals surface area contributed by atoms with Gasteiger partial charge in [0, 0.05) is 13.6 Å². The molecule has 0 heterocycles. The van der Waals surface area contributed by atoms with Crippen molar-refractivity contribution in [2.24, 2.45) is 0 Å². The topological polar surface area (TPSA) is 40.5 Å². The lowest BCUT2D eigenvalue weighted by Crippen LogP contribution is -2.25. The molecule has 12 heavy (non-hydrogen) atoms.